The second-order valence-corrected chi connectivity index (χ2v) is 5.37. The molecule has 0 aliphatic rings. The molecule has 0 aromatic carbocycles. The van der Waals surface area contributed by atoms with E-state index in [2.05, 4.69) is 14.8 Å². The Morgan fingerprint density at radius 3 is 2.58 bits per heavy atom. The number of carboxylic acid groups (broad SMARTS) is 1. The van der Waals surface area contributed by atoms with Crippen LogP contribution in [0.3, 0.4) is 0 Å². The zero-order chi connectivity index (χ0) is 14.0. The number of nitrogens with one attached hydrogen (secondary N) is 1. The van der Waals surface area contributed by atoms with Gasteiger partial charge < -0.3 is 5.11 Å². The van der Waals surface area contributed by atoms with E-state index in [1.54, 1.807) is 7.05 Å². The van der Waals surface area contributed by atoms with Crippen LogP contribution < -0.4 is 4.72 Å². The van der Waals surface area contributed by atoms with Crippen molar-refractivity contribution >= 4 is 21.8 Å². The molecule has 9 heteroatoms. The van der Waals surface area contributed by atoms with Crippen molar-refractivity contribution in [1.82, 2.24) is 14.8 Å². The maximum atomic E-state index is 11.9. The van der Waals surface area contributed by atoms with E-state index in [-0.39, 0.29) is 16.3 Å². The second-order valence-electron chi connectivity index (χ2n) is 3.69. The molecular formula is C10H10N4O4S. The first kappa shape index (κ1) is 13.0. The number of hydrogen-bond donors (Lipinski definition) is 2. The summed E-state index contributed by atoms with van der Waals surface area (Å²) in [5.74, 6) is -1.09. The first-order chi connectivity index (χ1) is 8.88. The van der Waals surface area contributed by atoms with Crippen molar-refractivity contribution in [2.45, 2.75) is 4.90 Å². The lowest BCUT2D eigenvalue weighted by molar-refractivity contribution is 0.0696. The number of aromatic carboxylic acids is 1. The first-order valence-corrected chi connectivity index (χ1v) is 6.57. The number of nitrogens with zero attached hydrogens (tertiary/aromatic N) is 3. The number of hydrogen-bond acceptors (Lipinski definition) is 5. The molecule has 0 bridgehead atoms. The Morgan fingerprint density at radius 2 is 2.11 bits per heavy atom. The molecule has 19 heavy (non-hydrogen) atoms. The van der Waals surface area contributed by atoms with E-state index < -0.39 is 16.0 Å². The number of rotatable bonds is 4. The summed E-state index contributed by atoms with van der Waals surface area (Å²) >= 11 is 0. The fourth-order valence-electron chi connectivity index (χ4n) is 1.31. The largest absolute Gasteiger partial charge is 0.478 e. The van der Waals surface area contributed by atoms with Crippen molar-refractivity contribution in [1.29, 1.82) is 0 Å². The molecule has 0 radical (unpaired) electrons. The van der Waals surface area contributed by atoms with Crippen LogP contribution in [0.4, 0.5) is 5.82 Å². The third-order valence-corrected chi connectivity index (χ3v) is 3.55. The summed E-state index contributed by atoms with van der Waals surface area (Å²) in [7, 11) is -2.17. The van der Waals surface area contributed by atoms with Gasteiger partial charge in [0.05, 0.1) is 11.8 Å². The lowest BCUT2D eigenvalue weighted by Crippen LogP contribution is -2.13. The van der Waals surface area contributed by atoms with Crippen molar-refractivity contribution in [3.8, 4) is 0 Å². The Bertz CT molecular complexity index is 705. The van der Waals surface area contributed by atoms with Crippen LogP contribution in [0, 0.1) is 0 Å². The van der Waals surface area contributed by atoms with Crippen LogP contribution in [-0.2, 0) is 17.1 Å². The highest BCUT2D eigenvalue weighted by Gasteiger charge is 2.16. The highest BCUT2D eigenvalue weighted by molar-refractivity contribution is 7.92. The summed E-state index contributed by atoms with van der Waals surface area (Å²) < 4.78 is 27.4. The van der Waals surface area contributed by atoms with Gasteiger partial charge in [-0.2, -0.15) is 5.10 Å². The summed E-state index contributed by atoms with van der Waals surface area (Å²) in [6.45, 7) is 0. The summed E-state index contributed by atoms with van der Waals surface area (Å²) in [5.41, 5.74) is -0.0238. The molecule has 0 spiro atoms. The van der Waals surface area contributed by atoms with Gasteiger partial charge in [0.15, 0.2) is 0 Å². The van der Waals surface area contributed by atoms with E-state index in [1.807, 2.05) is 0 Å². The van der Waals surface area contributed by atoms with Gasteiger partial charge >= 0.3 is 5.97 Å². The van der Waals surface area contributed by atoms with E-state index in [1.165, 1.54) is 29.2 Å². The van der Waals surface area contributed by atoms with Crippen molar-refractivity contribution in [2.75, 3.05) is 4.72 Å². The van der Waals surface area contributed by atoms with Crippen LogP contribution in [0.5, 0.6) is 0 Å². The summed E-state index contributed by atoms with van der Waals surface area (Å²) in [4.78, 5) is 14.4. The standard InChI is InChI=1S/C10H10N4O4S/c1-14-6-8(5-12-14)19(17,18)13-9-3-2-7(4-11-9)10(15)16/h2-6H,1H3,(H,11,13)(H,15,16). The maximum Gasteiger partial charge on any atom is 0.337 e. The van der Waals surface area contributed by atoms with Gasteiger partial charge in [0.1, 0.15) is 10.7 Å². The quantitative estimate of drug-likeness (QED) is 0.834. The molecule has 100 valence electrons. The van der Waals surface area contributed by atoms with E-state index in [0.29, 0.717) is 0 Å². The lowest BCUT2D eigenvalue weighted by Gasteiger charge is -2.05. The summed E-state index contributed by atoms with van der Waals surface area (Å²) in [6, 6.07) is 2.54. The van der Waals surface area contributed by atoms with Crippen LogP contribution in [-0.4, -0.2) is 34.3 Å². The highest BCUT2D eigenvalue weighted by Crippen LogP contribution is 2.13. The van der Waals surface area contributed by atoms with E-state index >= 15 is 0 Å². The maximum absolute atomic E-state index is 11.9. The molecule has 0 aliphatic carbocycles. The van der Waals surface area contributed by atoms with Crippen molar-refractivity contribution in [3.63, 3.8) is 0 Å². The number of anilines is 1. The van der Waals surface area contributed by atoms with Crippen LogP contribution in [0.15, 0.2) is 35.6 Å². The van der Waals surface area contributed by atoms with Gasteiger partial charge in [-0.3, -0.25) is 9.40 Å². The SMILES string of the molecule is Cn1cc(S(=O)(=O)Nc2ccc(C(=O)O)cn2)cn1. The van der Waals surface area contributed by atoms with Gasteiger partial charge in [0.2, 0.25) is 0 Å². The average molecular weight is 282 g/mol. The van der Waals surface area contributed by atoms with Crippen molar-refractivity contribution in [2.24, 2.45) is 7.05 Å². The molecule has 0 fully saturated rings. The van der Waals surface area contributed by atoms with E-state index in [9.17, 15) is 13.2 Å². The van der Waals surface area contributed by atoms with Gasteiger partial charge in [0.25, 0.3) is 10.0 Å². The average Bonchev–Trinajstić information content (AvgIpc) is 2.77. The van der Waals surface area contributed by atoms with E-state index in [4.69, 9.17) is 5.11 Å². The molecule has 2 aromatic heterocycles. The molecule has 0 amide bonds. The third-order valence-electron chi connectivity index (χ3n) is 2.24. The molecule has 0 saturated carbocycles. The number of aromatic nitrogens is 3. The fourth-order valence-corrected chi connectivity index (χ4v) is 2.31. The van der Waals surface area contributed by atoms with Crippen LogP contribution in [0.1, 0.15) is 10.4 Å². The molecule has 0 saturated heterocycles. The Hall–Kier alpha value is -2.42. The summed E-state index contributed by atoms with van der Waals surface area (Å²) in [6.07, 6.45) is 3.62. The Balaban J connectivity index is 2.23. The molecule has 2 rings (SSSR count). The number of aryl methyl sites for hydroxylation is 1. The zero-order valence-electron chi connectivity index (χ0n) is 9.81. The molecule has 2 aromatic rings. The minimum atomic E-state index is -3.77. The first-order valence-electron chi connectivity index (χ1n) is 5.09. The molecule has 0 atom stereocenters. The van der Waals surface area contributed by atoms with Crippen molar-refractivity contribution in [3.05, 3.63) is 36.3 Å². The van der Waals surface area contributed by atoms with Gasteiger partial charge in [-0.1, -0.05) is 0 Å². The molecule has 2 N–H and O–H groups in total. The van der Waals surface area contributed by atoms with Crippen molar-refractivity contribution < 1.29 is 18.3 Å². The van der Waals surface area contributed by atoms with Gasteiger partial charge in [-0.15, -0.1) is 0 Å². The molecule has 2 heterocycles. The monoisotopic (exact) mass is 282 g/mol. The molecule has 8 nitrogen and oxygen atoms in total. The smallest absolute Gasteiger partial charge is 0.337 e. The van der Waals surface area contributed by atoms with Gasteiger partial charge in [0, 0.05) is 19.4 Å². The van der Waals surface area contributed by atoms with Crippen LogP contribution in [0.2, 0.25) is 0 Å². The minimum Gasteiger partial charge on any atom is -0.478 e. The number of pyridine rings is 1. The second kappa shape index (κ2) is 4.69. The van der Waals surface area contributed by atoms with Gasteiger partial charge in [-0.05, 0) is 12.1 Å². The van der Waals surface area contributed by atoms with E-state index in [0.717, 1.165) is 6.20 Å². The number of sulfonamides is 1. The lowest BCUT2D eigenvalue weighted by atomic mass is 10.3. The molecular weight excluding hydrogens is 272 g/mol. The zero-order valence-corrected chi connectivity index (χ0v) is 10.6. The predicted octanol–water partition coefficient (Wildman–Crippen LogP) is 0.314. The fraction of sp³-hybridized carbons (Fsp3) is 0.100. The Morgan fingerprint density at radius 1 is 1.37 bits per heavy atom. The Kier molecular flexibility index (Phi) is 3.21. The Labute approximate surface area is 108 Å². The highest BCUT2D eigenvalue weighted by atomic mass is 32.2. The third kappa shape index (κ3) is 2.88. The summed E-state index contributed by atoms with van der Waals surface area (Å²) in [5, 5.41) is 12.5. The predicted molar refractivity (Wildman–Crippen MR) is 65.2 cm³/mol. The molecule has 0 aliphatic heterocycles. The number of carboxylic acids is 1. The molecule has 0 unspecified atom stereocenters. The topological polar surface area (TPSA) is 114 Å². The number of carbonyl (C=O) groups is 1. The normalized spacial score (nSPS) is 11.2. The van der Waals surface area contributed by atoms with Crippen LogP contribution >= 0.6 is 0 Å². The van der Waals surface area contributed by atoms with Gasteiger partial charge in [-0.25, -0.2) is 18.2 Å². The van der Waals surface area contributed by atoms with Crippen LogP contribution in [0.25, 0.3) is 0 Å². The minimum absolute atomic E-state index is 0.000823.